The lowest BCUT2D eigenvalue weighted by atomic mass is 9.98. The Morgan fingerprint density at radius 1 is 1.08 bits per heavy atom. The molecule has 2 aliphatic rings. The average Bonchev–Trinajstić information content (AvgIpc) is 3.28. The predicted molar refractivity (Wildman–Crippen MR) is 192 cm³/mol. The van der Waals surface area contributed by atoms with Crippen LogP contribution in [-0.2, 0) is 28.1 Å². The number of hydrogen-bond donors (Lipinski definition) is 1. The number of aliphatic hydroxyl groups is 1. The van der Waals surface area contributed by atoms with Crippen LogP contribution < -0.4 is 9.64 Å². The lowest BCUT2D eigenvalue weighted by molar-refractivity contribution is -0.152. The fourth-order valence-electron chi connectivity index (χ4n) is 5.17. The zero-order valence-electron chi connectivity index (χ0n) is 31.7. The van der Waals surface area contributed by atoms with Crippen molar-refractivity contribution in [3.05, 3.63) is 41.5 Å². The first kappa shape index (κ1) is 40.7. The number of ether oxygens (including phenoxy) is 6. The lowest BCUT2D eigenvalue weighted by Crippen LogP contribution is -2.44. The van der Waals surface area contributed by atoms with Crippen molar-refractivity contribution in [3.63, 3.8) is 0 Å². The van der Waals surface area contributed by atoms with E-state index >= 15 is 0 Å². The van der Waals surface area contributed by atoms with E-state index in [1.54, 1.807) is 31.2 Å². The standard InChI is InChI=1S/C37H59NO10Si/c1-24-17-18-28(39)32-29(46-37(9,10)47-32)16-14-15-26-21-27(22-30(43-23-42-11)31(26)33(40)45-25(24)2)38(34(41)48-35(3,4)5)19-20-44-49(12,13)36(6,7)8/h14-15,17-18,21-22,24-25,28-29,32,39H,16,19-20,23H2,1-13H3/b15-14+,18-17-/t24-,25+,28-,29+,32-/m1/s1. The Balaban J connectivity index is 2.17. The summed E-state index contributed by atoms with van der Waals surface area (Å²) < 4.78 is 41.7. The molecule has 1 aromatic rings. The Kier molecular flexibility index (Phi) is 13.3. The first-order valence-electron chi connectivity index (χ1n) is 17.1. The molecule has 0 saturated carbocycles. The number of hydrogen-bond acceptors (Lipinski definition) is 10. The minimum atomic E-state index is -2.13. The van der Waals surface area contributed by atoms with Crippen LogP contribution >= 0.6 is 0 Å². The van der Waals surface area contributed by atoms with Gasteiger partial charge in [0.15, 0.2) is 20.9 Å². The van der Waals surface area contributed by atoms with Crippen molar-refractivity contribution < 1.29 is 47.5 Å². The Morgan fingerprint density at radius 2 is 1.76 bits per heavy atom. The van der Waals surface area contributed by atoms with E-state index in [1.165, 1.54) is 12.0 Å². The van der Waals surface area contributed by atoms with Gasteiger partial charge in [-0.3, -0.25) is 4.90 Å². The maximum Gasteiger partial charge on any atom is 0.414 e. The number of carbonyl (C=O) groups is 2. The Bertz CT molecular complexity index is 1360. The SMILES string of the molecule is COCOc1cc(N(CCO[Si](C)(C)C(C)(C)C)C(=O)OC(C)(C)C)cc2c1C(=O)O[C@@H](C)[C@H](C)/C=C\[C@@H](O)[C@H]1OC(C)(C)O[C@H]1C/C=C/2. The van der Waals surface area contributed by atoms with Crippen molar-refractivity contribution in [3.8, 4) is 5.75 Å². The second-order valence-electron chi connectivity index (χ2n) is 15.8. The summed E-state index contributed by atoms with van der Waals surface area (Å²) in [4.78, 5) is 29.2. The number of esters is 1. The fraction of sp³-hybridized carbons (Fsp3) is 0.676. The van der Waals surface area contributed by atoms with Gasteiger partial charge in [-0.25, -0.2) is 9.59 Å². The second-order valence-corrected chi connectivity index (χ2v) is 20.6. The number of anilines is 1. The summed E-state index contributed by atoms with van der Waals surface area (Å²) in [6, 6.07) is 3.37. The topological polar surface area (TPSA) is 122 Å². The van der Waals surface area contributed by atoms with Crippen molar-refractivity contribution in [1.29, 1.82) is 0 Å². The first-order chi connectivity index (χ1) is 22.5. The summed E-state index contributed by atoms with van der Waals surface area (Å²) in [7, 11) is -0.645. The van der Waals surface area contributed by atoms with Gasteiger partial charge in [0.25, 0.3) is 0 Å². The van der Waals surface area contributed by atoms with Crippen LogP contribution in [-0.4, -0.2) is 88.3 Å². The van der Waals surface area contributed by atoms with Gasteiger partial charge in [-0.15, -0.1) is 0 Å². The molecule has 12 heteroatoms. The number of carbonyl (C=O) groups excluding carboxylic acids is 2. The molecule has 1 N–H and O–H groups in total. The number of benzene rings is 1. The molecule has 1 aromatic carbocycles. The maximum atomic E-state index is 13.9. The molecule has 3 rings (SSSR count). The van der Waals surface area contributed by atoms with Crippen molar-refractivity contribution in [2.75, 3.05) is 32.0 Å². The number of cyclic esters (lactones) is 1. The van der Waals surface area contributed by atoms with Gasteiger partial charge >= 0.3 is 12.1 Å². The highest BCUT2D eigenvalue weighted by Gasteiger charge is 2.44. The Labute approximate surface area is 294 Å². The number of fused-ring (bicyclic) bond motifs is 2. The van der Waals surface area contributed by atoms with Crippen LogP contribution in [0.3, 0.4) is 0 Å². The molecule has 1 saturated heterocycles. The van der Waals surface area contributed by atoms with E-state index in [0.717, 1.165) is 0 Å². The Hall–Kier alpha value is -2.74. The predicted octanol–water partition coefficient (Wildman–Crippen LogP) is 7.47. The highest BCUT2D eigenvalue weighted by atomic mass is 28.4. The first-order valence-corrected chi connectivity index (χ1v) is 20.0. The van der Waals surface area contributed by atoms with Gasteiger partial charge in [-0.1, -0.05) is 52.0 Å². The van der Waals surface area contributed by atoms with Crippen molar-refractivity contribution in [2.45, 2.75) is 130 Å². The Morgan fingerprint density at radius 3 is 2.37 bits per heavy atom. The average molecular weight is 706 g/mol. The van der Waals surface area contributed by atoms with Gasteiger partial charge in [0.1, 0.15) is 35.2 Å². The van der Waals surface area contributed by atoms with Crippen LogP contribution in [0.5, 0.6) is 5.75 Å². The fourth-order valence-corrected chi connectivity index (χ4v) is 6.20. The molecule has 0 unspecified atom stereocenters. The quantitative estimate of drug-likeness (QED) is 0.126. The van der Waals surface area contributed by atoms with Crippen molar-refractivity contribution in [2.24, 2.45) is 5.92 Å². The van der Waals surface area contributed by atoms with E-state index in [0.29, 0.717) is 17.7 Å². The van der Waals surface area contributed by atoms with Crippen LogP contribution in [0, 0.1) is 5.92 Å². The van der Waals surface area contributed by atoms with Gasteiger partial charge < -0.3 is 38.0 Å². The van der Waals surface area contributed by atoms with E-state index in [-0.39, 0.29) is 42.2 Å². The summed E-state index contributed by atoms with van der Waals surface area (Å²) in [5.74, 6) is -1.55. The molecule has 49 heavy (non-hydrogen) atoms. The summed E-state index contributed by atoms with van der Waals surface area (Å²) >= 11 is 0. The van der Waals surface area contributed by atoms with E-state index in [9.17, 15) is 14.7 Å². The number of methoxy groups -OCH3 is 1. The highest BCUT2D eigenvalue weighted by Crippen LogP contribution is 2.38. The third-order valence-corrected chi connectivity index (χ3v) is 13.6. The van der Waals surface area contributed by atoms with Crippen LogP contribution in [0.15, 0.2) is 30.4 Å². The number of amides is 1. The van der Waals surface area contributed by atoms with Crippen LogP contribution in [0.25, 0.3) is 6.08 Å². The van der Waals surface area contributed by atoms with Gasteiger partial charge in [0.2, 0.25) is 0 Å². The summed E-state index contributed by atoms with van der Waals surface area (Å²) in [5, 5.41) is 11.0. The molecular weight excluding hydrogens is 646 g/mol. The smallest absolute Gasteiger partial charge is 0.414 e. The minimum absolute atomic E-state index is 0.0197. The number of nitrogens with zero attached hydrogens (tertiary/aromatic N) is 1. The van der Waals surface area contributed by atoms with Crippen LogP contribution in [0.1, 0.15) is 91.6 Å². The van der Waals surface area contributed by atoms with E-state index in [1.807, 2.05) is 53.7 Å². The molecule has 0 radical (unpaired) electrons. The maximum absolute atomic E-state index is 13.9. The normalized spacial score (nSPS) is 26.1. The molecule has 11 nitrogen and oxygen atoms in total. The second kappa shape index (κ2) is 16.1. The van der Waals surface area contributed by atoms with Gasteiger partial charge in [-0.05, 0) is 77.7 Å². The monoisotopic (exact) mass is 705 g/mol. The molecule has 276 valence electrons. The van der Waals surface area contributed by atoms with Crippen LogP contribution in [0.4, 0.5) is 10.5 Å². The molecule has 2 heterocycles. The molecule has 0 aromatic heterocycles. The van der Waals surface area contributed by atoms with Gasteiger partial charge in [-0.2, -0.15) is 0 Å². The van der Waals surface area contributed by atoms with Crippen molar-refractivity contribution in [1.82, 2.24) is 0 Å². The number of aliphatic hydroxyl groups excluding tert-OH is 1. The summed E-state index contributed by atoms with van der Waals surface area (Å²) in [6.45, 7) is 23.9. The van der Waals surface area contributed by atoms with E-state index < -0.39 is 56.2 Å². The minimum Gasteiger partial charge on any atom is -0.467 e. The molecule has 0 spiro atoms. The van der Waals surface area contributed by atoms with Gasteiger partial charge in [0, 0.05) is 19.1 Å². The molecular formula is C37H59NO10Si. The zero-order valence-corrected chi connectivity index (χ0v) is 32.7. The largest absolute Gasteiger partial charge is 0.467 e. The third kappa shape index (κ3) is 11.1. The molecule has 5 atom stereocenters. The van der Waals surface area contributed by atoms with E-state index in [2.05, 4.69) is 33.9 Å². The molecule has 1 fully saturated rings. The third-order valence-electron chi connectivity index (χ3n) is 9.03. The van der Waals surface area contributed by atoms with Gasteiger partial charge in [0.05, 0.1) is 24.9 Å². The summed E-state index contributed by atoms with van der Waals surface area (Å²) in [6.07, 6.45) is 4.34. The summed E-state index contributed by atoms with van der Waals surface area (Å²) in [5.41, 5.74) is 0.312. The zero-order chi connectivity index (χ0) is 36.9. The van der Waals surface area contributed by atoms with Crippen molar-refractivity contribution >= 4 is 32.1 Å². The van der Waals surface area contributed by atoms with E-state index in [4.69, 9.17) is 32.8 Å². The molecule has 0 aliphatic carbocycles. The van der Waals surface area contributed by atoms with Crippen LogP contribution in [0.2, 0.25) is 18.1 Å². The molecule has 2 aliphatic heterocycles. The lowest BCUT2D eigenvalue weighted by Gasteiger charge is -2.37. The molecule has 1 amide bonds. The number of rotatable bonds is 8. The highest BCUT2D eigenvalue weighted by molar-refractivity contribution is 6.74. The molecule has 0 bridgehead atoms.